The van der Waals surface area contributed by atoms with E-state index in [1.54, 1.807) is 13.0 Å². The fourth-order valence-corrected chi connectivity index (χ4v) is 2.48. The predicted molar refractivity (Wildman–Crippen MR) is 70.8 cm³/mol. The van der Waals surface area contributed by atoms with Crippen molar-refractivity contribution < 1.29 is 4.92 Å². The van der Waals surface area contributed by atoms with Crippen LogP contribution in [0.3, 0.4) is 0 Å². The highest BCUT2D eigenvalue weighted by molar-refractivity contribution is 9.10. The molecule has 1 aromatic rings. The minimum absolute atomic E-state index is 0.0416. The van der Waals surface area contributed by atoms with Gasteiger partial charge in [0.15, 0.2) is 5.11 Å². The average Bonchev–Trinajstić information content (AvgIpc) is 2.56. The molecule has 1 aromatic heterocycles. The van der Waals surface area contributed by atoms with Gasteiger partial charge >= 0.3 is 5.00 Å². The molecule has 3 N–H and O–H groups in total. The molecule has 0 aromatic carbocycles. The molecular weight excluding hydrogens is 316 g/mol. The lowest BCUT2D eigenvalue weighted by Crippen LogP contribution is -2.25. The van der Waals surface area contributed by atoms with Gasteiger partial charge in [-0.2, -0.15) is 5.10 Å². The van der Waals surface area contributed by atoms with E-state index in [9.17, 15) is 10.1 Å². The Balaban J connectivity index is 2.97. The molecule has 1 rings (SSSR count). The first kappa shape index (κ1) is 13.0. The van der Waals surface area contributed by atoms with Gasteiger partial charge in [0.2, 0.25) is 0 Å². The second-order valence-corrected chi connectivity index (χ2v) is 5.02. The minimum atomic E-state index is -0.452. The standard InChI is InChI=1S/C7H7BrN4O2S2/c1-3(10-11-7(9)15)5-2-4(8)6(16-5)12(13)14/h2H,1H3,(H3,9,11,15)/b10-3+. The van der Waals surface area contributed by atoms with Gasteiger partial charge in [-0.25, -0.2) is 0 Å². The zero-order valence-electron chi connectivity index (χ0n) is 8.06. The largest absolute Gasteiger partial charge is 0.375 e. The van der Waals surface area contributed by atoms with Crippen molar-refractivity contribution in [2.45, 2.75) is 6.92 Å². The number of halogens is 1. The number of thiocarbonyl (C=S) groups is 1. The number of hydrogen-bond acceptors (Lipinski definition) is 5. The zero-order chi connectivity index (χ0) is 12.3. The number of nitrogens with two attached hydrogens (primary N) is 1. The topological polar surface area (TPSA) is 93.5 Å². The van der Waals surface area contributed by atoms with Crippen LogP contribution >= 0.6 is 39.5 Å². The molecule has 0 aliphatic carbocycles. The summed E-state index contributed by atoms with van der Waals surface area (Å²) in [5.41, 5.74) is 8.20. The summed E-state index contributed by atoms with van der Waals surface area (Å²) in [4.78, 5) is 10.8. The van der Waals surface area contributed by atoms with Gasteiger partial charge in [0.25, 0.3) is 0 Å². The molecular formula is C7H7BrN4O2S2. The summed E-state index contributed by atoms with van der Waals surface area (Å²) in [5, 5.41) is 14.6. The van der Waals surface area contributed by atoms with Crippen LogP contribution in [0.15, 0.2) is 15.6 Å². The molecule has 0 atom stereocenters. The second kappa shape index (κ2) is 5.32. The maximum atomic E-state index is 10.6. The van der Waals surface area contributed by atoms with Crippen molar-refractivity contribution >= 4 is 55.3 Å². The molecule has 0 bridgehead atoms. The van der Waals surface area contributed by atoms with Crippen molar-refractivity contribution in [2.24, 2.45) is 10.8 Å². The van der Waals surface area contributed by atoms with Gasteiger partial charge in [-0.15, -0.1) is 0 Å². The Morgan fingerprint density at radius 1 is 1.81 bits per heavy atom. The third kappa shape index (κ3) is 3.22. The fourth-order valence-electron chi connectivity index (χ4n) is 0.856. The first-order chi connectivity index (χ1) is 7.41. The van der Waals surface area contributed by atoms with Crippen LogP contribution in [0.25, 0.3) is 0 Å². The van der Waals surface area contributed by atoms with Crippen LogP contribution in [0.4, 0.5) is 5.00 Å². The fraction of sp³-hybridized carbons (Fsp3) is 0.143. The van der Waals surface area contributed by atoms with Gasteiger partial charge in [-0.1, -0.05) is 11.3 Å². The minimum Gasteiger partial charge on any atom is -0.375 e. The summed E-state index contributed by atoms with van der Waals surface area (Å²) in [6.07, 6.45) is 0. The number of nitrogens with one attached hydrogen (secondary N) is 1. The lowest BCUT2D eigenvalue weighted by Gasteiger charge is -1.97. The van der Waals surface area contributed by atoms with Crippen molar-refractivity contribution in [3.8, 4) is 0 Å². The van der Waals surface area contributed by atoms with Crippen LogP contribution in [0.2, 0.25) is 0 Å². The van der Waals surface area contributed by atoms with Crippen LogP contribution in [0, 0.1) is 10.1 Å². The third-order valence-corrected chi connectivity index (χ3v) is 3.68. The molecule has 0 aliphatic heterocycles. The van der Waals surface area contributed by atoms with Crippen LogP contribution in [0.1, 0.15) is 11.8 Å². The Morgan fingerprint density at radius 2 is 2.44 bits per heavy atom. The van der Waals surface area contributed by atoms with E-state index in [1.165, 1.54) is 0 Å². The van der Waals surface area contributed by atoms with Gasteiger partial charge in [-0.3, -0.25) is 15.5 Å². The maximum absolute atomic E-state index is 10.6. The van der Waals surface area contributed by atoms with E-state index in [4.69, 9.17) is 5.73 Å². The van der Waals surface area contributed by atoms with Crippen LogP contribution in [-0.4, -0.2) is 15.7 Å². The average molecular weight is 323 g/mol. The summed E-state index contributed by atoms with van der Waals surface area (Å²) in [6, 6.07) is 1.63. The molecule has 0 unspecified atom stereocenters. The molecule has 0 saturated heterocycles. The Hall–Kier alpha value is -1.06. The van der Waals surface area contributed by atoms with Crippen molar-refractivity contribution in [2.75, 3.05) is 0 Å². The highest BCUT2D eigenvalue weighted by atomic mass is 79.9. The quantitative estimate of drug-likeness (QED) is 0.384. The Kier molecular flexibility index (Phi) is 4.33. The predicted octanol–water partition coefficient (Wildman–Crippen LogP) is 1.98. The summed E-state index contributed by atoms with van der Waals surface area (Å²) >= 11 is 8.72. The molecule has 1 heterocycles. The molecule has 9 heteroatoms. The van der Waals surface area contributed by atoms with Gasteiger partial charge in [0, 0.05) is 0 Å². The Morgan fingerprint density at radius 3 is 2.88 bits per heavy atom. The van der Waals surface area contributed by atoms with Gasteiger partial charge in [0.1, 0.15) is 4.47 Å². The highest BCUT2D eigenvalue weighted by Crippen LogP contribution is 2.34. The van der Waals surface area contributed by atoms with Crippen molar-refractivity contribution in [3.63, 3.8) is 0 Å². The number of thiophene rings is 1. The van der Waals surface area contributed by atoms with Crippen molar-refractivity contribution in [1.29, 1.82) is 0 Å². The number of nitrogens with zero attached hydrogens (tertiary/aromatic N) is 2. The monoisotopic (exact) mass is 322 g/mol. The summed E-state index contributed by atoms with van der Waals surface area (Å²) in [7, 11) is 0. The first-order valence-corrected chi connectivity index (χ1v) is 5.97. The normalized spacial score (nSPS) is 11.2. The van der Waals surface area contributed by atoms with Crippen molar-refractivity contribution in [3.05, 3.63) is 25.5 Å². The maximum Gasteiger partial charge on any atom is 0.338 e. The van der Waals surface area contributed by atoms with Crippen molar-refractivity contribution in [1.82, 2.24) is 5.43 Å². The Bertz CT molecular complexity index is 471. The summed E-state index contributed by atoms with van der Waals surface area (Å²) in [5.74, 6) is 0. The SMILES string of the molecule is C/C(=N\NC(N)=S)c1cc(Br)c([N+](=O)[O-])s1. The zero-order valence-corrected chi connectivity index (χ0v) is 11.3. The molecule has 0 amide bonds. The van der Waals surface area contributed by atoms with Crippen LogP contribution < -0.4 is 11.2 Å². The smallest absolute Gasteiger partial charge is 0.338 e. The molecule has 0 aliphatic rings. The van der Waals surface area contributed by atoms with Gasteiger partial charge in [0.05, 0.1) is 15.5 Å². The molecule has 0 saturated carbocycles. The summed E-state index contributed by atoms with van der Waals surface area (Å²) in [6.45, 7) is 1.70. The van der Waals surface area contributed by atoms with E-state index in [2.05, 4.69) is 38.7 Å². The molecule has 0 radical (unpaired) electrons. The van der Waals surface area contributed by atoms with Crippen LogP contribution in [-0.2, 0) is 0 Å². The molecule has 16 heavy (non-hydrogen) atoms. The highest BCUT2D eigenvalue weighted by Gasteiger charge is 2.18. The van der Waals surface area contributed by atoms with E-state index in [1.807, 2.05) is 0 Å². The number of hydrogen-bond donors (Lipinski definition) is 2. The van der Waals surface area contributed by atoms with Crippen LogP contribution in [0.5, 0.6) is 0 Å². The number of nitro groups is 1. The Labute approximate surface area is 109 Å². The second-order valence-electron chi connectivity index (χ2n) is 2.69. The van der Waals surface area contributed by atoms with E-state index in [0.717, 1.165) is 11.3 Å². The molecule has 0 spiro atoms. The molecule has 6 nitrogen and oxygen atoms in total. The lowest BCUT2D eigenvalue weighted by molar-refractivity contribution is -0.380. The number of rotatable bonds is 3. The number of hydrazone groups is 1. The molecule has 86 valence electrons. The lowest BCUT2D eigenvalue weighted by atomic mass is 10.3. The first-order valence-electron chi connectivity index (χ1n) is 3.95. The third-order valence-electron chi connectivity index (χ3n) is 1.52. The van der Waals surface area contributed by atoms with E-state index >= 15 is 0 Å². The van der Waals surface area contributed by atoms with E-state index < -0.39 is 4.92 Å². The van der Waals surface area contributed by atoms with Gasteiger partial charge in [-0.05, 0) is 41.1 Å². The van der Waals surface area contributed by atoms with E-state index in [-0.39, 0.29) is 10.1 Å². The molecule has 0 fully saturated rings. The van der Waals surface area contributed by atoms with Gasteiger partial charge < -0.3 is 5.73 Å². The summed E-state index contributed by atoms with van der Waals surface area (Å²) < 4.78 is 0.433. The van der Waals surface area contributed by atoms with E-state index in [0.29, 0.717) is 15.1 Å².